The van der Waals surface area contributed by atoms with Crippen LogP contribution in [-0.2, 0) is 9.53 Å². The van der Waals surface area contributed by atoms with Gasteiger partial charge in [0.1, 0.15) is 0 Å². The van der Waals surface area contributed by atoms with Crippen molar-refractivity contribution in [2.24, 2.45) is 11.7 Å². The van der Waals surface area contributed by atoms with Crippen molar-refractivity contribution in [2.45, 2.75) is 19.0 Å². The van der Waals surface area contributed by atoms with Crippen LogP contribution < -0.4 is 11.1 Å². The van der Waals surface area contributed by atoms with Crippen LogP contribution in [0.25, 0.3) is 0 Å². The molecule has 13 heavy (non-hydrogen) atoms. The lowest BCUT2D eigenvalue weighted by atomic mass is 10.0. The van der Waals surface area contributed by atoms with Gasteiger partial charge < -0.3 is 20.9 Å². The first-order valence-corrected chi connectivity index (χ1v) is 4.39. The van der Waals surface area contributed by atoms with E-state index >= 15 is 0 Å². The number of aliphatic hydroxyl groups excluding tert-OH is 1. The van der Waals surface area contributed by atoms with Gasteiger partial charge in [-0.05, 0) is 6.92 Å². The summed E-state index contributed by atoms with van der Waals surface area (Å²) in [6.07, 6.45) is 0. The Bertz CT molecular complexity index is 186. The maximum absolute atomic E-state index is 11.4. The third-order valence-corrected chi connectivity index (χ3v) is 2.12. The third kappa shape index (κ3) is 2.65. The Hall–Kier alpha value is -0.650. The molecule has 0 aliphatic carbocycles. The van der Waals surface area contributed by atoms with E-state index in [-0.39, 0.29) is 30.5 Å². The van der Waals surface area contributed by atoms with E-state index in [9.17, 15) is 4.79 Å². The van der Waals surface area contributed by atoms with Crippen molar-refractivity contribution >= 4 is 5.91 Å². The van der Waals surface area contributed by atoms with Gasteiger partial charge in [-0.1, -0.05) is 0 Å². The molecule has 1 aliphatic rings. The van der Waals surface area contributed by atoms with Crippen LogP contribution in [0.4, 0.5) is 0 Å². The van der Waals surface area contributed by atoms with Gasteiger partial charge in [-0.3, -0.25) is 4.79 Å². The number of nitrogens with two attached hydrogens (primary N) is 1. The molecule has 4 N–H and O–H groups in total. The van der Waals surface area contributed by atoms with Crippen LogP contribution in [0.3, 0.4) is 0 Å². The zero-order valence-corrected chi connectivity index (χ0v) is 7.69. The van der Waals surface area contributed by atoms with Gasteiger partial charge in [0.05, 0.1) is 25.7 Å². The van der Waals surface area contributed by atoms with Gasteiger partial charge in [-0.25, -0.2) is 0 Å². The van der Waals surface area contributed by atoms with E-state index in [1.807, 2.05) is 0 Å². The Morgan fingerprint density at radius 2 is 2.46 bits per heavy atom. The fourth-order valence-electron chi connectivity index (χ4n) is 1.24. The van der Waals surface area contributed by atoms with Gasteiger partial charge in [-0.2, -0.15) is 0 Å². The first-order valence-electron chi connectivity index (χ1n) is 4.39. The molecule has 76 valence electrons. The van der Waals surface area contributed by atoms with E-state index in [1.54, 1.807) is 6.92 Å². The first-order chi connectivity index (χ1) is 6.15. The number of hydrogen-bond donors (Lipinski definition) is 3. The number of hydrogen-bond acceptors (Lipinski definition) is 4. The molecule has 0 saturated carbocycles. The van der Waals surface area contributed by atoms with Gasteiger partial charge in [-0.15, -0.1) is 0 Å². The van der Waals surface area contributed by atoms with Gasteiger partial charge >= 0.3 is 0 Å². The maximum atomic E-state index is 11.4. The molecule has 0 aromatic rings. The lowest BCUT2D eigenvalue weighted by Crippen LogP contribution is -2.45. The topological polar surface area (TPSA) is 84.6 Å². The maximum Gasteiger partial charge on any atom is 0.227 e. The second kappa shape index (κ2) is 4.55. The number of ether oxygens (including phenoxy) is 1. The number of aliphatic hydroxyl groups is 1. The highest BCUT2D eigenvalue weighted by Gasteiger charge is 2.31. The Morgan fingerprint density at radius 3 is 2.92 bits per heavy atom. The standard InChI is InChI=1S/C8H16N2O3/c1-5(2-11)10-8(12)6-3-13-4-7(6)9/h5-7,11H,2-4,9H2,1H3,(H,10,12)/t5-,6?,7?/m0/s1. The highest BCUT2D eigenvalue weighted by Crippen LogP contribution is 2.11. The second-order valence-electron chi connectivity index (χ2n) is 3.40. The van der Waals surface area contributed by atoms with Crippen molar-refractivity contribution in [2.75, 3.05) is 19.8 Å². The average molecular weight is 188 g/mol. The minimum Gasteiger partial charge on any atom is -0.394 e. The summed E-state index contributed by atoms with van der Waals surface area (Å²) in [5, 5.41) is 11.4. The van der Waals surface area contributed by atoms with Crippen LogP contribution in [0.15, 0.2) is 0 Å². The zero-order valence-electron chi connectivity index (χ0n) is 7.69. The van der Waals surface area contributed by atoms with Gasteiger partial charge in [0.15, 0.2) is 0 Å². The number of amides is 1. The van der Waals surface area contributed by atoms with Crippen LogP contribution in [-0.4, -0.2) is 42.9 Å². The minimum atomic E-state index is -0.269. The smallest absolute Gasteiger partial charge is 0.227 e. The van der Waals surface area contributed by atoms with Crippen molar-refractivity contribution in [3.63, 3.8) is 0 Å². The molecule has 2 unspecified atom stereocenters. The highest BCUT2D eigenvalue weighted by molar-refractivity contribution is 5.80. The molecule has 3 atom stereocenters. The fraction of sp³-hybridized carbons (Fsp3) is 0.875. The van der Waals surface area contributed by atoms with E-state index in [4.69, 9.17) is 15.6 Å². The van der Waals surface area contributed by atoms with Crippen molar-refractivity contribution in [3.8, 4) is 0 Å². The van der Waals surface area contributed by atoms with E-state index in [2.05, 4.69) is 5.32 Å². The van der Waals surface area contributed by atoms with Crippen LogP contribution in [0, 0.1) is 5.92 Å². The molecule has 0 spiro atoms. The molecule has 1 heterocycles. The zero-order chi connectivity index (χ0) is 9.84. The number of carbonyl (C=O) groups is 1. The van der Waals surface area contributed by atoms with Crippen molar-refractivity contribution < 1.29 is 14.6 Å². The van der Waals surface area contributed by atoms with E-state index < -0.39 is 0 Å². The number of carbonyl (C=O) groups excluding carboxylic acids is 1. The average Bonchev–Trinajstić information content (AvgIpc) is 2.51. The van der Waals surface area contributed by atoms with Crippen LogP contribution in [0.2, 0.25) is 0 Å². The third-order valence-electron chi connectivity index (χ3n) is 2.12. The molecule has 0 aromatic carbocycles. The van der Waals surface area contributed by atoms with Crippen LogP contribution >= 0.6 is 0 Å². The SMILES string of the molecule is C[C@@H](CO)NC(=O)C1COCC1N. The summed E-state index contributed by atoms with van der Waals surface area (Å²) in [7, 11) is 0. The van der Waals surface area contributed by atoms with Gasteiger partial charge in [0.25, 0.3) is 0 Å². The lowest BCUT2D eigenvalue weighted by Gasteiger charge is -2.16. The summed E-state index contributed by atoms with van der Waals surface area (Å²) in [6.45, 7) is 2.49. The van der Waals surface area contributed by atoms with Gasteiger partial charge in [0.2, 0.25) is 5.91 Å². The monoisotopic (exact) mass is 188 g/mol. The summed E-state index contributed by atoms with van der Waals surface area (Å²) in [5.41, 5.74) is 5.65. The van der Waals surface area contributed by atoms with E-state index in [0.717, 1.165) is 0 Å². The molecular weight excluding hydrogens is 172 g/mol. The summed E-state index contributed by atoms with van der Waals surface area (Å²) in [5.74, 6) is -0.402. The molecule has 0 bridgehead atoms. The van der Waals surface area contributed by atoms with Crippen molar-refractivity contribution in [1.29, 1.82) is 0 Å². The molecule has 1 fully saturated rings. The second-order valence-corrected chi connectivity index (χ2v) is 3.40. The molecule has 1 rings (SSSR count). The number of nitrogens with one attached hydrogen (secondary N) is 1. The summed E-state index contributed by atoms with van der Waals surface area (Å²) in [4.78, 5) is 11.4. The summed E-state index contributed by atoms with van der Waals surface area (Å²) >= 11 is 0. The van der Waals surface area contributed by atoms with E-state index in [0.29, 0.717) is 13.2 Å². The van der Waals surface area contributed by atoms with Gasteiger partial charge in [0, 0.05) is 12.1 Å². The molecule has 0 radical (unpaired) electrons. The molecule has 5 nitrogen and oxygen atoms in total. The Balaban J connectivity index is 2.38. The molecule has 1 aliphatic heterocycles. The van der Waals surface area contributed by atoms with Crippen LogP contribution in [0.1, 0.15) is 6.92 Å². The quantitative estimate of drug-likeness (QED) is 0.501. The summed E-state index contributed by atoms with van der Waals surface area (Å²) in [6, 6.07) is -0.439. The predicted molar refractivity (Wildman–Crippen MR) is 47.0 cm³/mol. The summed E-state index contributed by atoms with van der Waals surface area (Å²) < 4.78 is 5.06. The largest absolute Gasteiger partial charge is 0.394 e. The fourth-order valence-corrected chi connectivity index (χ4v) is 1.24. The van der Waals surface area contributed by atoms with Crippen molar-refractivity contribution in [1.82, 2.24) is 5.32 Å². The number of rotatable bonds is 3. The lowest BCUT2D eigenvalue weighted by molar-refractivity contribution is -0.126. The molecule has 1 saturated heterocycles. The van der Waals surface area contributed by atoms with E-state index in [1.165, 1.54) is 0 Å². The molecular formula is C8H16N2O3. The molecule has 0 aromatic heterocycles. The Morgan fingerprint density at radius 1 is 1.77 bits per heavy atom. The molecule has 5 heteroatoms. The predicted octanol–water partition coefficient (Wildman–Crippen LogP) is -1.54. The Kier molecular flexibility index (Phi) is 3.65. The van der Waals surface area contributed by atoms with Crippen molar-refractivity contribution in [3.05, 3.63) is 0 Å². The minimum absolute atomic E-state index is 0.0610. The molecule has 1 amide bonds. The van der Waals surface area contributed by atoms with Crippen LogP contribution in [0.5, 0.6) is 0 Å². The highest BCUT2D eigenvalue weighted by atomic mass is 16.5. The normalized spacial score (nSPS) is 30.1. The Labute approximate surface area is 77.2 Å². The first kappa shape index (κ1) is 10.4.